The molecule has 2 aromatic carbocycles. The lowest BCUT2D eigenvalue weighted by Gasteiger charge is -2.09. The minimum Gasteiger partial charge on any atom is -0.332 e. The lowest BCUT2D eigenvalue weighted by Crippen LogP contribution is -2.19. The van der Waals surface area contributed by atoms with Crippen LogP contribution in [0.3, 0.4) is 0 Å². The highest BCUT2D eigenvalue weighted by Gasteiger charge is 2.03. The van der Waals surface area contributed by atoms with Crippen molar-refractivity contribution in [2.45, 2.75) is 13.5 Å². The largest absolute Gasteiger partial charge is 0.332 e. The predicted octanol–water partition coefficient (Wildman–Crippen LogP) is 4.05. The maximum Gasteiger partial charge on any atom is 0.176 e. The van der Waals surface area contributed by atoms with E-state index in [1.807, 2.05) is 66.3 Å². The Hall–Kier alpha value is -2.66. The van der Waals surface area contributed by atoms with Gasteiger partial charge in [-0.25, -0.2) is 0 Å². The molecule has 0 radical (unpaired) electrons. The summed E-state index contributed by atoms with van der Waals surface area (Å²) in [5, 5.41) is 11.3. The molecule has 1 heterocycles. The molecule has 4 nitrogen and oxygen atoms in total. The third-order valence-electron chi connectivity index (χ3n) is 3.35. The van der Waals surface area contributed by atoms with Crippen molar-refractivity contribution in [1.29, 1.82) is 0 Å². The molecular weight excluding hydrogens is 304 g/mol. The molecule has 116 valence electrons. The Morgan fingerprint density at radius 1 is 1.04 bits per heavy atom. The zero-order valence-electron chi connectivity index (χ0n) is 12.9. The van der Waals surface area contributed by atoms with E-state index in [0.29, 0.717) is 5.11 Å². The molecule has 1 aromatic heterocycles. The van der Waals surface area contributed by atoms with Crippen molar-refractivity contribution in [2.75, 3.05) is 10.6 Å². The van der Waals surface area contributed by atoms with Gasteiger partial charge in [0.05, 0.1) is 6.54 Å². The van der Waals surface area contributed by atoms with Crippen LogP contribution in [-0.4, -0.2) is 14.9 Å². The maximum absolute atomic E-state index is 5.33. The minimum atomic E-state index is 0.528. The van der Waals surface area contributed by atoms with E-state index in [-0.39, 0.29) is 0 Å². The van der Waals surface area contributed by atoms with Gasteiger partial charge < -0.3 is 10.6 Å². The molecule has 0 unspecified atom stereocenters. The van der Waals surface area contributed by atoms with Gasteiger partial charge in [0.2, 0.25) is 0 Å². The van der Waals surface area contributed by atoms with Gasteiger partial charge in [-0.1, -0.05) is 42.5 Å². The van der Waals surface area contributed by atoms with Crippen LogP contribution in [0.25, 0.3) is 0 Å². The lowest BCUT2D eigenvalue weighted by molar-refractivity contribution is 0.690. The standard InChI is InChI=1S/C18H18N4S/c1-14-6-5-9-16(12-14)19-18(23)20-17-10-11-22(21-17)13-15-7-3-2-4-8-15/h2-12H,13H2,1H3,(H2,19,20,21,23). The molecule has 0 amide bonds. The van der Waals surface area contributed by atoms with Crippen LogP contribution in [0.1, 0.15) is 11.1 Å². The molecule has 3 rings (SSSR count). The molecular formula is C18H18N4S. The van der Waals surface area contributed by atoms with Crippen molar-refractivity contribution in [1.82, 2.24) is 9.78 Å². The second-order valence-electron chi connectivity index (χ2n) is 5.33. The Morgan fingerprint density at radius 2 is 1.87 bits per heavy atom. The summed E-state index contributed by atoms with van der Waals surface area (Å²) in [6, 6.07) is 20.2. The summed E-state index contributed by atoms with van der Waals surface area (Å²) >= 11 is 5.33. The summed E-state index contributed by atoms with van der Waals surface area (Å²) in [4.78, 5) is 0. The number of nitrogens with zero attached hydrogens (tertiary/aromatic N) is 2. The number of rotatable bonds is 4. The molecule has 0 aliphatic carbocycles. The third-order valence-corrected chi connectivity index (χ3v) is 3.55. The number of nitrogens with one attached hydrogen (secondary N) is 2. The number of benzene rings is 2. The predicted molar refractivity (Wildman–Crippen MR) is 98.8 cm³/mol. The number of anilines is 2. The fraction of sp³-hybridized carbons (Fsp3) is 0.111. The maximum atomic E-state index is 5.33. The van der Waals surface area contributed by atoms with E-state index >= 15 is 0 Å². The van der Waals surface area contributed by atoms with Crippen LogP contribution in [0.4, 0.5) is 11.5 Å². The van der Waals surface area contributed by atoms with Crippen LogP contribution in [0.2, 0.25) is 0 Å². The van der Waals surface area contributed by atoms with Gasteiger partial charge in [0.1, 0.15) is 0 Å². The van der Waals surface area contributed by atoms with Gasteiger partial charge in [0.25, 0.3) is 0 Å². The van der Waals surface area contributed by atoms with Gasteiger partial charge in [-0.2, -0.15) is 5.10 Å². The van der Waals surface area contributed by atoms with Crippen LogP contribution in [0.15, 0.2) is 66.9 Å². The first kappa shape index (κ1) is 15.2. The Balaban J connectivity index is 1.59. The van der Waals surface area contributed by atoms with Crippen LogP contribution in [0.5, 0.6) is 0 Å². The molecule has 0 atom stereocenters. The molecule has 0 aliphatic rings. The number of hydrogen-bond acceptors (Lipinski definition) is 2. The Kier molecular flexibility index (Phi) is 4.68. The number of aryl methyl sites for hydroxylation is 1. The van der Waals surface area contributed by atoms with Crippen LogP contribution in [0, 0.1) is 6.92 Å². The van der Waals surface area contributed by atoms with E-state index in [9.17, 15) is 0 Å². The van der Waals surface area contributed by atoms with E-state index in [1.165, 1.54) is 11.1 Å². The third kappa shape index (κ3) is 4.40. The van der Waals surface area contributed by atoms with E-state index in [1.54, 1.807) is 0 Å². The van der Waals surface area contributed by atoms with E-state index < -0.39 is 0 Å². The average Bonchev–Trinajstić information content (AvgIpc) is 2.95. The van der Waals surface area contributed by atoms with E-state index in [2.05, 4.69) is 27.9 Å². The molecule has 0 fully saturated rings. The summed E-state index contributed by atoms with van der Waals surface area (Å²) in [7, 11) is 0. The summed E-state index contributed by atoms with van der Waals surface area (Å²) in [5.74, 6) is 0.728. The Labute approximate surface area is 141 Å². The smallest absolute Gasteiger partial charge is 0.176 e. The van der Waals surface area contributed by atoms with Crippen molar-refractivity contribution in [3.8, 4) is 0 Å². The second kappa shape index (κ2) is 7.07. The van der Waals surface area contributed by atoms with Crippen LogP contribution in [-0.2, 0) is 6.54 Å². The fourth-order valence-corrected chi connectivity index (χ4v) is 2.51. The molecule has 0 aliphatic heterocycles. The van der Waals surface area contributed by atoms with Gasteiger partial charge in [-0.15, -0.1) is 0 Å². The van der Waals surface area contributed by atoms with Gasteiger partial charge in [0, 0.05) is 18.0 Å². The number of hydrogen-bond donors (Lipinski definition) is 2. The minimum absolute atomic E-state index is 0.528. The van der Waals surface area contributed by atoms with Crippen molar-refractivity contribution < 1.29 is 0 Å². The molecule has 0 bridgehead atoms. The van der Waals surface area contributed by atoms with Gasteiger partial charge in [-0.05, 0) is 42.4 Å². The zero-order chi connectivity index (χ0) is 16.1. The van der Waals surface area contributed by atoms with Crippen LogP contribution >= 0.6 is 12.2 Å². The number of thiocarbonyl (C=S) groups is 1. The quantitative estimate of drug-likeness (QED) is 0.711. The van der Waals surface area contributed by atoms with Crippen molar-refractivity contribution in [3.63, 3.8) is 0 Å². The second-order valence-corrected chi connectivity index (χ2v) is 5.74. The highest BCUT2D eigenvalue weighted by atomic mass is 32.1. The molecule has 3 aromatic rings. The van der Waals surface area contributed by atoms with Gasteiger partial charge in [0.15, 0.2) is 10.9 Å². The molecule has 0 spiro atoms. The summed E-state index contributed by atoms with van der Waals surface area (Å²) < 4.78 is 1.88. The average molecular weight is 322 g/mol. The first-order valence-corrected chi connectivity index (χ1v) is 7.82. The molecule has 0 saturated heterocycles. The first-order valence-electron chi connectivity index (χ1n) is 7.41. The van der Waals surface area contributed by atoms with Crippen molar-refractivity contribution in [3.05, 3.63) is 78.0 Å². The summed E-state index contributed by atoms with van der Waals surface area (Å²) in [6.07, 6.45) is 1.94. The van der Waals surface area contributed by atoms with Crippen molar-refractivity contribution >= 4 is 28.8 Å². The molecule has 23 heavy (non-hydrogen) atoms. The topological polar surface area (TPSA) is 41.9 Å². The van der Waals surface area contributed by atoms with Gasteiger partial charge >= 0.3 is 0 Å². The summed E-state index contributed by atoms with van der Waals surface area (Å²) in [5.41, 5.74) is 3.36. The Morgan fingerprint density at radius 3 is 2.65 bits per heavy atom. The fourth-order valence-electron chi connectivity index (χ4n) is 2.29. The lowest BCUT2D eigenvalue weighted by atomic mass is 10.2. The van der Waals surface area contributed by atoms with E-state index in [0.717, 1.165) is 18.1 Å². The Bertz CT molecular complexity index is 796. The SMILES string of the molecule is Cc1cccc(NC(=S)Nc2ccn(Cc3ccccc3)n2)c1. The molecule has 2 N–H and O–H groups in total. The number of aromatic nitrogens is 2. The normalized spacial score (nSPS) is 10.3. The first-order chi connectivity index (χ1) is 11.2. The monoisotopic (exact) mass is 322 g/mol. The van der Waals surface area contributed by atoms with Gasteiger partial charge in [-0.3, -0.25) is 4.68 Å². The van der Waals surface area contributed by atoms with Crippen molar-refractivity contribution in [2.24, 2.45) is 0 Å². The highest BCUT2D eigenvalue weighted by Crippen LogP contribution is 2.11. The summed E-state index contributed by atoms with van der Waals surface area (Å²) in [6.45, 7) is 2.79. The molecule has 0 saturated carbocycles. The van der Waals surface area contributed by atoms with Crippen LogP contribution < -0.4 is 10.6 Å². The van der Waals surface area contributed by atoms with E-state index in [4.69, 9.17) is 12.2 Å². The molecule has 5 heteroatoms. The highest BCUT2D eigenvalue weighted by molar-refractivity contribution is 7.80. The zero-order valence-corrected chi connectivity index (χ0v) is 13.7.